The van der Waals surface area contributed by atoms with Gasteiger partial charge in [-0.3, -0.25) is 4.79 Å². The number of aromatic hydroxyl groups is 2. The quantitative estimate of drug-likeness (QED) is 0.432. The number of phenols is 2. The van der Waals surface area contributed by atoms with Gasteiger partial charge in [0.05, 0.1) is 11.5 Å². The molecule has 0 spiro atoms. The first-order valence-electron chi connectivity index (χ1n) is 7.06. The molecule has 3 N–H and O–H groups in total. The molecule has 1 amide bonds. The van der Waals surface area contributed by atoms with Crippen molar-refractivity contribution in [2.45, 2.75) is 17.9 Å². The molecular formula is C17H18N2O3S. The van der Waals surface area contributed by atoms with Gasteiger partial charge in [0, 0.05) is 5.75 Å². The number of hydrogen-bond donors (Lipinski definition) is 3. The first-order chi connectivity index (χ1) is 11.1. The molecule has 0 fully saturated rings. The van der Waals surface area contributed by atoms with Crippen LogP contribution in [0.1, 0.15) is 18.1 Å². The monoisotopic (exact) mass is 330 g/mol. The Labute approximate surface area is 139 Å². The molecule has 2 aromatic carbocycles. The SMILES string of the molecule is C[C@@H](SCc1ccccc1)C(=O)N/N=C\c1ccc(O)c(O)c1. The Morgan fingerprint density at radius 2 is 1.96 bits per heavy atom. The molecule has 23 heavy (non-hydrogen) atoms. The number of benzene rings is 2. The Balaban J connectivity index is 1.81. The summed E-state index contributed by atoms with van der Waals surface area (Å²) in [6, 6.07) is 14.2. The molecule has 0 saturated heterocycles. The van der Waals surface area contributed by atoms with Gasteiger partial charge in [0.25, 0.3) is 5.91 Å². The van der Waals surface area contributed by atoms with Gasteiger partial charge in [0.1, 0.15) is 0 Å². The minimum Gasteiger partial charge on any atom is -0.504 e. The van der Waals surface area contributed by atoms with E-state index >= 15 is 0 Å². The van der Waals surface area contributed by atoms with E-state index in [0.717, 1.165) is 5.75 Å². The second-order valence-electron chi connectivity index (χ2n) is 4.92. The van der Waals surface area contributed by atoms with Crippen LogP contribution in [0.15, 0.2) is 53.6 Å². The molecule has 0 aliphatic heterocycles. The first-order valence-corrected chi connectivity index (χ1v) is 8.11. The summed E-state index contributed by atoms with van der Waals surface area (Å²) in [5.41, 5.74) is 4.21. The van der Waals surface area contributed by atoms with Crippen LogP contribution in [0.3, 0.4) is 0 Å². The van der Waals surface area contributed by atoms with Crippen LogP contribution in [0.4, 0.5) is 0 Å². The predicted molar refractivity (Wildman–Crippen MR) is 92.7 cm³/mol. The summed E-state index contributed by atoms with van der Waals surface area (Å²) in [7, 11) is 0. The second-order valence-corrected chi connectivity index (χ2v) is 6.25. The molecule has 120 valence electrons. The maximum atomic E-state index is 11.9. The average molecular weight is 330 g/mol. The molecule has 2 rings (SSSR count). The third-order valence-electron chi connectivity index (χ3n) is 3.10. The molecule has 0 heterocycles. The lowest BCUT2D eigenvalue weighted by Gasteiger charge is -2.09. The van der Waals surface area contributed by atoms with Crippen molar-refractivity contribution in [2.75, 3.05) is 0 Å². The fourth-order valence-electron chi connectivity index (χ4n) is 1.75. The number of carbonyl (C=O) groups excluding carboxylic acids is 1. The summed E-state index contributed by atoms with van der Waals surface area (Å²) in [5.74, 6) is 0.139. The molecule has 0 saturated carbocycles. The predicted octanol–water partition coefficient (Wildman–Crippen LogP) is 2.87. The number of nitrogens with one attached hydrogen (secondary N) is 1. The van der Waals surface area contributed by atoms with Crippen molar-refractivity contribution in [3.05, 3.63) is 59.7 Å². The van der Waals surface area contributed by atoms with Crippen molar-refractivity contribution in [3.63, 3.8) is 0 Å². The van der Waals surface area contributed by atoms with Crippen LogP contribution < -0.4 is 5.43 Å². The topological polar surface area (TPSA) is 81.9 Å². The van der Waals surface area contributed by atoms with E-state index in [-0.39, 0.29) is 22.7 Å². The third kappa shape index (κ3) is 5.34. The number of carbonyl (C=O) groups is 1. The van der Waals surface area contributed by atoms with E-state index in [9.17, 15) is 15.0 Å². The number of thioether (sulfide) groups is 1. The van der Waals surface area contributed by atoms with E-state index in [1.165, 1.54) is 35.7 Å². The lowest BCUT2D eigenvalue weighted by molar-refractivity contribution is -0.120. The summed E-state index contributed by atoms with van der Waals surface area (Å²) < 4.78 is 0. The number of nitrogens with zero attached hydrogens (tertiary/aromatic N) is 1. The zero-order valence-electron chi connectivity index (χ0n) is 12.6. The van der Waals surface area contributed by atoms with E-state index < -0.39 is 0 Å². The van der Waals surface area contributed by atoms with Gasteiger partial charge in [-0.05, 0) is 36.2 Å². The zero-order valence-corrected chi connectivity index (χ0v) is 13.5. The summed E-state index contributed by atoms with van der Waals surface area (Å²) in [5, 5.41) is 22.2. The molecule has 0 bridgehead atoms. The highest BCUT2D eigenvalue weighted by Gasteiger charge is 2.12. The van der Waals surface area contributed by atoms with Crippen LogP contribution in [0.25, 0.3) is 0 Å². The fraction of sp³-hybridized carbons (Fsp3) is 0.176. The molecule has 0 unspecified atom stereocenters. The average Bonchev–Trinajstić information content (AvgIpc) is 2.56. The Hall–Kier alpha value is -2.47. The lowest BCUT2D eigenvalue weighted by atomic mass is 10.2. The van der Waals surface area contributed by atoms with Crippen LogP contribution in [-0.4, -0.2) is 27.6 Å². The van der Waals surface area contributed by atoms with Gasteiger partial charge in [0.2, 0.25) is 0 Å². The highest BCUT2D eigenvalue weighted by Crippen LogP contribution is 2.24. The number of phenolic OH excluding ortho intramolecular Hbond substituents is 2. The van der Waals surface area contributed by atoms with Crippen molar-refractivity contribution < 1.29 is 15.0 Å². The highest BCUT2D eigenvalue weighted by molar-refractivity contribution is 7.99. The Morgan fingerprint density at radius 1 is 1.22 bits per heavy atom. The molecule has 1 atom stereocenters. The number of hydrogen-bond acceptors (Lipinski definition) is 5. The van der Waals surface area contributed by atoms with Crippen LogP contribution in [0, 0.1) is 0 Å². The van der Waals surface area contributed by atoms with Gasteiger partial charge in [-0.1, -0.05) is 30.3 Å². The van der Waals surface area contributed by atoms with Crippen LogP contribution in [0.2, 0.25) is 0 Å². The zero-order chi connectivity index (χ0) is 16.7. The number of amides is 1. The largest absolute Gasteiger partial charge is 0.504 e. The third-order valence-corrected chi connectivity index (χ3v) is 4.31. The molecule has 0 radical (unpaired) electrons. The van der Waals surface area contributed by atoms with Crippen LogP contribution >= 0.6 is 11.8 Å². The standard InChI is InChI=1S/C17H18N2O3S/c1-12(23-11-13-5-3-2-4-6-13)17(22)19-18-10-14-7-8-15(20)16(21)9-14/h2-10,12,20-21H,11H2,1H3,(H,19,22)/b18-10-/t12-/m1/s1. The van der Waals surface area contributed by atoms with Crippen molar-refractivity contribution in [1.29, 1.82) is 0 Å². The smallest absolute Gasteiger partial charge is 0.252 e. The summed E-state index contributed by atoms with van der Waals surface area (Å²) in [6.45, 7) is 1.82. The van der Waals surface area contributed by atoms with E-state index in [4.69, 9.17) is 0 Å². The Bertz CT molecular complexity index is 689. The van der Waals surface area contributed by atoms with Crippen molar-refractivity contribution in [1.82, 2.24) is 5.43 Å². The van der Waals surface area contributed by atoms with Crippen molar-refractivity contribution >= 4 is 23.9 Å². The Morgan fingerprint density at radius 3 is 2.65 bits per heavy atom. The van der Waals surface area contributed by atoms with E-state index in [2.05, 4.69) is 10.5 Å². The van der Waals surface area contributed by atoms with E-state index in [0.29, 0.717) is 5.56 Å². The minimum absolute atomic E-state index is 0.190. The molecule has 6 heteroatoms. The van der Waals surface area contributed by atoms with Gasteiger partial charge in [-0.25, -0.2) is 5.43 Å². The fourth-order valence-corrected chi connectivity index (χ4v) is 2.59. The normalized spacial score (nSPS) is 12.2. The maximum absolute atomic E-state index is 11.9. The number of hydrazone groups is 1. The molecule has 2 aromatic rings. The summed E-state index contributed by atoms with van der Waals surface area (Å²) in [4.78, 5) is 11.9. The van der Waals surface area contributed by atoms with Crippen molar-refractivity contribution in [3.8, 4) is 11.5 Å². The van der Waals surface area contributed by atoms with Gasteiger partial charge >= 0.3 is 0 Å². The van der Waals surface area contributed by atoms with Gasteiger partial charge in [0.15, 0.2) is 11.5 Å². The molecular weight excluding hydrogens is 312 g/mol. The number of rotatable bonds is 6. The van der Waals surface area contributed by atoms with E-state index in [1.54, 1.807) is 6.07 Å². The molecule has 0 aromatic heterocycles. The van der Waals surface area contributed by atoms with Crippen molar-refractivity contribution in [2.24, 2.45) is 5.10 Å². The van der Waals surface area contributed by atoms with E-state index in [1.807, 2.05) is 37.3 Å². The Kier molecular flexibility index (Phi) is 6.05. The van der Waals surface area contributed by atoms with Gasteiger partial charge < -0.3 is 10.2 Å². The van der Waals surface area contributed by atoms with Gasteiger partial charge in [-0.2, -0.15) is 5.10 Å². The van der Waals surface area contributed by atoms with Crippen LogP contribution in [0.5, 0.6) is 11.5 Å². The highest BCUT2D eigenvalue weighted by atomic mass is 32.2. The summed E-state index contributed by atoms with van der Waals surface area (Å²) in [6.07, 6.45) is 1.41. The lowest BCUT2D eigenvalue weighted by Crippen LogP contribution is -2.26. The second kappa shape index (κ2) is 8.24. The first kappa shape index (κ1) is 16.9. The maximum Gasteiger partial charge on any atom is 0.252 e. The molecule has 5 nitrogen and oxygen atoms in total. The van der Waals surface area contributed by atoms with Gasteiger partial charge in [-0.15, -0.1) is 11.8 Å². The minimum atomic E-state index is -0.236. The molecule has 0 aliphatic carbocycles. The molecule has 0 aliphatic rings. The summed E-state index contributed by atoms with van der Waals surface area (Å²) >= 11 is 1.53. The van der Waals surface area contributed by atoms with Crippen LogP contribution in [-0.2, 0) is 10.5 Å².